The van der Waals surface area contributed by atoms with Gasteiger partial charge in [-0.1, -0.05) is 44.2 Å². The molecule has 5 nitrogen and oxygen atoms in total. The molecular weight excluding hydrogens is 372 g/mol. The van der Waals surface area contributed by atoms with Crippen molar-refractivity contribution in [3.63, 3.8) is 0 Å². The van der Waals surface area contributed by atoms with Crippen LogP contribution in [0.1, 0.15) is 42.5 Å². The average Bonchev–Trinajstić information content (AvgIpc) is 2.62. The molecule has 6 heteroatoms. The van der Waals surface area contributed by atoms with Crippen molar-refractivity contribution in [1.29, 1.82) is 0 Å². The minimum absolute atomic E-state index is 0.321. The number of para-hydroxylation sites is 1. The first-order chi connectivity index (χ1) is 13.1. The summed E-state index contributed by atoms with van der Waals surface area (Å²) in [7, 11) is -3.66. The van der Waals surface area contributed by atoms with Gasteiger partial charge in [0.15, 0.2) is 0 Å². The molecule has 0 aromatic heterocycles. The summed E-state index contributed by atoms with van der Waals surface area (Å²) in [6.07, 6.45) is 2.29. The minimum Gasteiger partial charge on any atom is -0.324 e. The normalized spacial score (nSPS) is 12.5. The highest BCUT2D eigenvalue weighted by Crippen LogP contribution is 2.29. The van der Waals surface area contributed by atoms with Crippen LogP contribution in [0.2, 0.25) is 0 Å². The van der Waals surface area contributed by atoms with Gasteiger partial charge in [0.25, 0.3) is 0 Å². The second-order valence-electron chi connectivity index (χ2n) is 7.22. The highest BCUT2D eigenvalue weighted by molar-refractivity contribution is 7.92. The van der Waals surface area contributed by atoms with Crippen LogP contribution >= 0.6 is 0 Å². The fourth-order valence-electron chi connectivity index (χ4n) is 3.40. The fourth-order valence-corrected chi connectivity index (χ4v) is 4.66. The Bertz CT molecular complexity index is 968. The van der Waals surface area contributed by atoms with E-state index in [-0.39, 0.29) is 5.91 Å². The summed E-state index contributed by atoms with van der Waals surface area (Å²) in [6, 6.07) is 10.7. The summed E-state index contributed by atoms with van der Waals surface area (Å²) in [5, 5.41) is 2.99. The third-order valence-corrected chi connectivity index (χ3v) is 6.09. The number of nitrogens with zero attached hydrogens (tertiary/aromatic N) is 1. The molecule has 0 fully saturated rings. The van der Waals surface area contributed by atoms with Gasteiger partial charge in [0.05, 0.1) is 11.9 Å². The Morgan fingerprint density at radius 2 is 1.75 bits per heavy atom. The predicted molar refractivity (Wildman–Crippen MR) is 117 cm³/mol. The van der Waals surface area contributed by atoms with Crippen LogP contribution < -0.4 is 9.62 Å². The smallest absolute Gasteiger partial charge is 0.248 e. The van der Waals surface area contributed by atoms with Crippen LogP contribution in [0.25, 0.3) is 0 Å². The van der Waals surface area contributed by atoms with E-state index < -0.39 is 16.1 Å². The number of hydrogen-bond donors (Lipinski definition) is 1. The van der Waals surface area contributed by atoms with E-state index in [1.807, 2.05) is 71.0 Å². The highest BCUT2D eigenvalue weighted by atomic mass is 32.2. The monoisotopic (exact) mass is 402 g/mol. The molecule has 2 aromatic carbocycles. The molecular formula is C22H30N2O3S. The van der Waals surface area contributed by atoms with Crippen LogP contribution in [0, 0.1) is 20.8 Å². The summed E-state index contributed by atoms with van der Waals surface area (Å²) in [4.78, 5) is 13.2. The zero-order valence-corrected chi connectivity index (χ0v) is 18.4. The molecule has 0 heterocycles. The van der Waals surface area contributed by atoms with Gasteiger partial charge in [0, 0.05) is 5.69 Å². The third-order valence-electron chi connectivity index (χ3n) is 4.92. The molecule has 2 rings (SSSR count). The van der Waals surface area contributed by atoms with Crippen molar-refractivity contribution in [2.75, 3.05) is 15.9 Å². The topological polar surface area (TPSA) is 66.5 Å². The summed E-state index contributed by atoms with van der Waals surface area (Å²) in [5.41, 5.74) is 5.05. The molecule has 1 atom stereocenters. The molecule has 1 amide bonds. The number of amides is 1. The third kappa shape index (κ3) is 4.73. The number of sulfonamides is 1. The number of rotatable bonds is 7. The van der Waals surface area contributed by atoms with E-state index in [1.165, 1.54) is 4.31 Å². The standard InChI is InChI=1S/C22H30N2O3S/c1-7-18-11-9-10-17(5)21(18)23-22(25)19(8-2)24(28(6,26)27)20-14-15(3)12-13-16(20)4/h9-14,19H,7-8H2,1-6H3,(H,23,25)/t19-/m1/s1. The second kappa shape index (κ2) is 8.78. The lowest BCUT2D eigenvalue weighted by atomic mass is 10.0. The SMILES string of the molecule is CCc1cccc(C)c1NC(=O)[C@@H](CC)N(c1cc(C)ccc1C)S(C)(=O)=O. The Hall–Kier alpha value is -2.34. The largest absolute Gasteiger partial charge is 0.324 e. The number of nitrogens with one attached hydrogen (secondary N) is 1. The van der Waals surface area contributed by atoms with Crippen molar-refractivity contribution in [2.45, 2.75) is 53.5 Å². The molecule has 0 bridgehead atoms. The molecule has 0 aliphatic heterocycles. The number of anilines is 2. The minimum atomic E-state index is -3.66. The van der Waals surface area contributed by atoms with Gasteiger partial charge in [-0.05, 0) is 61.9 Å². The van der Waals surface area contributed by atoms with Gasteiger partial charge >= 0.3 is 0 Å². The zero-order valence-electron chi connectivity index (χ0n) is 17.5. The van der Waals surface area contributed by atoms with E-state index in [9.17, 15) is 13.2 Å². The van der Waals surface area contributed by atoms with Crippen LogP contribution in [0.4, 0.5) is 11.4 Å². The van der Waals surface area contributed by atoms with Gasteiger partial charge < -0.3 is 5.32 Å². The van der Waals surface area contributed by atoms with Gasteiger partial charge in [-0.2, -0.15) is 0 Å². The van der Waals surface area contributed by atoms with E-state index >= 15 is 0 Å². The average molecular weight is 403 g/mol. The molecule has 0 unspecified atom stereocenters. The van der Waals surface area contributed by atoms with Gasteiger partial charge in [-0.15, -0.1) is 0 Å². The maximum Gasteiger partial charge on any atom is 0.248 e. The van der Waals surface area contributed by atoms with Crippen molar-refractivity contribution < 1.29 is 13.2 Å². The van der Waals surface area contributed by atoms with Gasteiger partial charge in [0.2, 0.25) is 15.9 Å². The molecule has 0 aliphatic carbocycles. The summed E-state index contributed by atoms with van der Waals surface area (Å²) in [6.45, 7) is 9.56. The highest BCUT2D eigenvalue weighted by Gasteiger charge is 2.32. The summed E-state index contributed by atoms with van der Waals surface area (Å²) < 4.78 is 26.6. The molecule has 28 heavy (non-hydrogen) atoms. The van der Waals surface area contributed by atoms with Gasteiger partial charge in [-0.3, -0.25) is 9.10 Å². The molecule has 2 aromatic rings. The maximum absolute atomic E-state index is 13.2. The van der Waals surface area contributed by atoms with Crippen LogP contribution in [0.15, 0.2) is 36.4 Å². The first-order valence-corrected chi connectivity index (χ1v) is 11.4. The first kappa shape index (κ1) is 22.0. The number of carbonyl (C=O) groups excluding carboxylic acids is 1. The Labute approximate surface area is 168 Å². The lowest BCUT2D eigenvalue weighted by Crippen LogP contribution is -2.47. The van der Waals surface area contributed by atoms with Crippen molar-refractivity contribution in [1.82, 2.24) is 0 Å². The lowest BCUT2D eigenvalue weighted by Gasteiger charge is -2.31. The van der Waals surface area contributed by atoms with Crippen molar-refractivity contribution in [2.24, 2.45) is 0 Å². The summed E-state index contributed by atoms with van der Waals surface area (Å²) in [5.74, 6) is -0.321. The molecule has 0 saturated heterocycles. The lowest BCUT2D eigenvalue weighted by molar-refractivity contribution is -0.117. The second-order valence-corrected chi connectivity index (χ2v) is 9.08. The number of carbonyl (C=O) groups is 1. The van der Waals surface area contributed by atoms with E-state index in [2.05, 4.69) is 5.32 Å². The number of hydrogen-bond acceptors (Lipinski definition) is 3. The van der Waals surface area contributed by atoms with E-state index in [0.29, 0.717) is 12.1 Å². The van der Waals surface area contributed by atoms with Crippen LogP contribution in [-0.2, 0) is 21.2 Å². The Kier molecular flexibility index (Phi) is 6.88. The van der Waals surface area contributed by atoms with Gasteiger partial charge in [0.1, 0.15) is 6.04 Å². The molecule has 1 N–H and O–H groups in total. The van der Waals surface area contributed by atoms with Gasteiger partial charge in [-0.25, -0.2) is 8.42 Å². The molecule has 0 spiro atoms. The first-order valence-electron chi connectivity index (χ1n) is 9.56. The molecule has 0 saturated carbocycles. The van der Waals surface area contributed by atoms with E-state index in [4.69, 9.17) is 0 Å². The molecule has 0 aliphatic rings. The van der Waals surface area contributed by atoms with Crippen molar-refractivity contribution in [3.8, 4) is 0 Å². The number of benzene rings is 2. The van der Waals surface area contributed by atoms with Crippen LogP contribution in [-0.4, -0.2) is 26.6 Å². The van der Waals surface area contributed by atoms with E-state index in [1.54, 1.807) is 0 Å². The maximum atomic E-state index is 13.2. The molecule has 0 radical (unpaired) electrons. The predicted octanol–water partition coefficient (Wildman–Crippen LogP) is 4.36. The Balaban J connectivity index is 2.50. The van der Waals surface area contributed by atoms with Crippen molar-refractivity contribution in [3.05, 3.63) is 58.7 Å². The van der Waals surface area contributed by atoms with Crippen molar-refractivity contribution >= 4 is 27.3 Å². The number of aryl methyl sites for hydroxylation is 4. The fraction of sp³-hybridized carbons (Fsp3) is 0.409. The summed E-state index contributed by atoms with van der Waals surface area (Å²) >= 11 is 0. The van der Waals surface area contributed by atoms with E-state index in [0.717, 1.165) is 40.6 Å². The Morgan fingerprint density at radius 1 is 1.07 bits per heavy atom. The van der Waals surface area contributed by atoms with Crippen LogP contribution in [0.5, 0.6) is 0 Å². The zero-order chi connectivity index (χ0) is 21.1. The molecule has 152 valence electrons. The quantitative estimate of drug-likeness (QED) is 0.748. The van der Waals surface area contributed by atoms with Crippen LogP contribution in [0.3, 0.4) is 0 Å². The Morgan fingerprint density at radius 3 is 2.32 bits per heavy atom.